The number of hydrogen-bond acceptors (Lipinski definition) is 3. The van der Waals surface area contributed by atoms with Crippen LogP contribution in [0.1, 0.15) is 0 Å². The van der Waals surface area contributed by atoms with Gasteiger partial charge in [0.15, 0.2) is 6.61 Å². The molecule has 0 aromatic heterocycles. The minimum absolute atomic E-state index is 0.0242. The molecule has 0 bridgehead atoms. The van der Waals surface area contributed by atoms with Crippen molar-refractivity contribution >= 4 is 33.2 Å². The van der Waals surface area contributed by atoms with E-state index in [1.165, 1.54) is 30.3 Å². The molecule has 4 nitrogen and oxygen atoms in total. The molecule has 2 aromatic rings. The number of hydrogen-bond donors (Lipinski definition) is 2. The first-order valence-corrected chi connectivity index (χ1v) is 6.68. The van der Waals surface area contributed by atoms with Crippen molar-refractivity contribution in [2.45, 2.75) is 0 Å². The Morgan fingerprint density at radius 1 is 1.19 bits per heavy atom. The Morgan fingerprint density at radius 2 is 1.90 bits per heavy atom. The highest BCUT2D eigenvalue weighted by Crippen LogP contribution is 2.22. The molecular weight excluding hydrogens is 346 g/mol. The van der Waals surface area contributed by atoms with Gasteiger partial charge < -0.3 is 15.8 Å². The predicted octanol–water partition coefficient (Wildman–Crippen LogP) is 3.33. The van der Waals surface area contributed by atoms with Gasteiger partial charge in [-0.15, -0.1) is 0 Å². The van der Waals surface area contributed by atoms with Gasteiger partial charge in [0, 0.05) is 5.69 Å². The van der Waals surface area contributed by atoms with E-state index in [-0.39, 0.29) is 16.8 Å². The van der Waals surface area contributed by atoms with Crippen LogP contribution in [0.5, 0.6) is 5.75 Å². The number of halogens is 3. The molecule has 1 amide bonds. The molecule has 0 aliphatic carbocycles. The van der Waals surface area contributed by atoms with Gasteiger partial charge in [-0.3, -0.25) is 4.79 Å². The van der Waals surface area contributed by atoms with Crippen LogP contribution in [0.2, 0.25) is 0 Å². The second-order valence-corrected chi connectivity index (χ2v) is 5.01. The fourth-order valence-electron chi connectivity index (χ4n) is 1.54. The fourth-order valence-corrected chi connectivity index (χ4v) is 1.90. The van der Waals surface area contributed by atoms with Crippen LogP contribution in [-0.2, 0) is 4.79 Å². The van der Waals surface area contributed by atoms with Crippen molar-refractivity contribution in [3.05, 3.63) is 52.5 Å². The molecule has 0 saturated heterocycles. The summed E-state index contributed by atoms with van der Waals surface area (Å²) in [7, 11) is 0. The summed E-state index contributed by atoms with van der Waals surface area (Å²) in [5.41, 5.74) is 5.81. The van der Waals surface area contributed by atoms with Crippen LogP contribution < -0.4 is 15.8 Å². The lowest BCUT2D eigenvalue weighted by Gasteiger charge is -2.09. The van der Waals surface area contributed by atoms with E-state index in [1.807, 2.05) is 0 Å². The minimum Gasteiger partial charge on any atom is -0.484 e. The molecule has 0 heterocycles. The molecule has 0 aliphatic rings. The van der Waals surface area contributed by atoms with Gasteiger partial charge in [0.2, 0.25) is 0 Å². The van der Waals surface area contributed by atoms with Gasteiger partial charge in [-0.05, 0) is 52.3 Å². The molecule has 21 heavy (non-hydrogen) atoms. The molecule has 110 valence electrons. The number of anilines is 2. The van der Waals surface area contributed by atoms with E-state index in [2.05, 4.69) is 21.2 Å². The maximum absolute atomic E-state index is 13.4. The summed E-state index contributed by atoms with van der Waals surface area (Å²) in [5.74, 6) is -1.28. The highest BCUT2D eigenvalue weighted by Gasteiger charge is 2.09. The average molecular weight is 357 g/mol. The number of carbonyl (C=O) groups is 1. The molecule has 7 heteroatoms. The maximum Gasteiger partial charge on any atom is 0.262 e. The van der Waals surface area contributed by atoms with Crippen LogP contribution in [0.3, 0.4) is 0 Å². The van der Waals surface area contributed by atoms with E-state index >= 15 is 0 Å². The molecule has 0 aliphatic heterocycles. The Labute approximate surface area is 128 Å². The zero-order valence-electron chi connectivity index (χ0n) is 10.7. The van der Waals surface area contributed by atoms with Gasteiger partial charge in [0.25, 0.3) is 5.91 Å². The average Bonchev–Trinajstić information content (AvgIpc) is 2.44. The van der Waals surface area contributed by atoms with Crippen molar-refractivity contribution in [3.8, 4) is 5.75 Å². The van der Waals surface area contributed by atoms with E-state index in [4.69, 9.17) is 10.5 Å². The fraction of sp³-hybridized carbons (Fsp3) is 0.0714. The van der Waals surface area contributed by atoms with Crippen LogP contribution in [0, 0.1) is 11.6 Å². The summed E-state index contributed by atoms with van der Waals surface area (Å²) < 4.78 is 31.9. The quantitative estimate of drug-likeness (QED) is 0.825. The van der Waals surface area contributed by atoms with Gasteiger partial charge in [-0.2, -0.15) is 0 Å². The van der Waals surface area contributed by atoms with Crippen molar-refractivity contribution < 1.29 is 18.3 Å². The van der Waals surface area contributed by atoms with E-state index in [0.717, 1.165) is 6.07 Å². The van der Waals surface area contributed by atoms with E-state index in [9.17, 15) is 13.6 Å². The second kappa shape index (κ2) is 6.53. The van der Waals surface area contributed by atoms with Gasteiger partial charge in [-0.25, -0.2) is 8.78 Å². The summed E-state index contributed by atoms with van der Waals surface area (Å²) in [4.78, 5) is 11.7. The largest absolute Gasteiger partial charge is 0.484 e. The van der Waals surface area contributed by atoms with Crippen molar-refractivity contribution in [3.63, 3.8) is 0 Å². The van der Waals surface area contributed by atoms with Crippen molar-refractivity contribution in [1.29, 1.82) is 0 Å². The van der Waals surface area contributed by atoms with Crippen LogP contribution >= 0.6 is 15.9 Å². The number of carbonyl (C=O) groups excluding carboxylic acids is 1. The van der Waals surface area contributed by atoms with E-state index < -0.39 is 17.5 Å². The van der Waals surface area contributed by atoms with Crippen LogP contribution in [0.25, 0.3) is 0 Å². The van der Waals surface area contributed by atoms with Crippen LogP contribution in [-0.4, -0.2) is 12.5 Å². The third-order valence-electron chi connectivity index (χ3n) is 2.53. The zero-order chi connectivity index (χ0) is 15.4. The molecule has 0 atom stereocenters. The Balaban J connectivity index is 1.95. The highest BCUT2D eigenvalue weighted by atomic mass is 79.9. The third kappa shape index (κ3) is 4.16. The smallest absolute Gasteiger partial charge is 0.262 e. The molecule has 2 aromatic carbocycles. The van der Waals surface area contributed by atoms with Crippen LogP contribution in [0.4, 0.5) is 20.2 Å². The second-order valence-electron chi connectivity index (χ2n) is 4.15. The lowest BCUT2D eigenvalue weighted by atomic mass is 10.2. The Hall–Kier alpha value is -2.15. The number of amides is 1. The van der Waals surface area contributed by atoms with Gasteiger partial charge >= 0.3 is 0 Å². The van der Waals surface area contributed by atoms with Crippen molar-refractivity contribution in [1.82, 2.24) is 0 Å². The minimum atomic E-state index is -0.595. The normalized spacial score (nSPS) is 10.2. The molecule has 3 N–H and O–H groups in total. The Kier molecular flexibility index (Phi) is 4.74. The predicted molar refractivity (Wildman–Crippen MR) is 79.0 cm³/mol. The van der Waals surface area contributed by atoms with Crippen LogP contribution in [0.15, 0.2) is 40.9 Å². The molecule has 0 saturated carbocycles. The number of nitrogens with two attached hydrogens (primary N) is 1. The third-order valence-corrected chi connectivity index (χ3v) is 3.13. The number of ether oxygens (including phenoxy) is 1. The van der Waals surface area contributed by atoms with Gasteiger partial charge in [0.1, 0.15) is 17.4 Å². The first-order chi connectivity index (χ1) is 9.95. The molecular formula is C14H11BrF2N2O2. The van der Waals surface area contributed by atoms with Gasteiger partial charge in [0.05, 0.1) is 10.2 Å². The molecule has 0 fully saturated rings. The first-order valence-electron chi connectivity index (χ1n) is 5.88. The lowest BCUT2D eigenvalue weighted by Crippen LogP contribution is -2.20. The molecule has 2 rings (SSSR count). The Bertz CT molecular complexity index is 680. The van der Waals surface area contributed by atoms with Crippen molar-refractivity contribution in [2.75, 3.05) is 17.7 Å². The summed E-state index contributed by atoms with van der Waals surface area (Å²) in [6.45, 7) is -0.341. The lowest BCUT2D eigenvalue weighted by molar-refractivity contribution is -0.118. The summed E-state index contributed by atoms with van der Waals surface area (Å²) in [6.07, 6.45) is 0. The molecule has 0 spiro atoms. The van der Waals surface area contributed by atoms with Crippen molar-refractivity contribution in [2.24, 2.45) is 0 Å². The molecule has 0 unspecified atom stereocenters. The highest BCUT2D eigenvalue weighted by molar-refractivity contribution is 9.10. The van der Waals surface area contributed by atoms with E-state index in [0.29, 0.717) is 11.4 Å². The summed E-state index contributed by atoms with van der Waals surface area (Å²) >= 11 is 3.01. The SMILES string of the molecule is Nc1ccc(F)c(NC(=O)COc2ccc(F)c(Br)c2)c1. The molecule has 0 radical (unpaired) electrons. The first kappa shape index (κ1) is 15.2. The maximum atomic E-state index is 13.4. The Morgan fingerprint density at radius 3 is 2.62 bits per heavy atom. The standard InChI is InChI=1S/C14H11BrF2N2O2/c15-10-6-9(2-4-11(10)16)21-7-14(20)19-13-5-8(18)1-3-12(13)17/h1-6H,7,18H2,(H,19,20). The van der Waals surface area contributed by atoms with Gasteiger partial charge in [-0.1, -0.05) is 0 Å². The number of nitrogen functional groups attached to an aromatic ring is 1. The number of rotatable bonds is 4. The van der Waals surface area contributed by atoms with E-state index in [1.54, 1.807) is 0 Å². The summed E-state index contributed by atoms with van der Waals surface area (Å²) in [5, 5.41) is 2.34. The number of benzene rings is 2. The topological polar surface area (TPSA) is 64.3 Å². The zero-order valence-corrected chi connectivity index (χ0v) is 12.3. The monoisotopic (exact) mass is 356 g/mol. The summed E-state index contributed by atoms with van der Waals surface area (Å²) in [6, 6.07) is 7.83. The number of nitrogens with one attached hydrogen (secondary N) is 1.